The predicted molar refractivity (Wildman–Crippen MR) is 91.7 cm³/mol. The quantitative estimate of drug-likeness (QED) is 0.233. The van der Waals surface area contributed by atoms with Gasteiger partial charge in [-0.05, 0) is 42.3 Å². The molecule has 0 atom stereocenters. The highest BCUT2D eigenvalue weighted by atomic mass is 35.5. The zero-order valence-electron chi connectivity index (χ0n) is 12.8. The highest BCUT2D eigenvalue weighted by Gasteiger charge is 2.12. The van der Waals surface area contributed by atoms with Gasteiger partial charge in [0.15, 0.2) is 0 Å². The molecule has 0 aliphatic heterocycles. The van der Waals surface area contributed by atoms with Gasteiger partial charge in [-0.2, -0.15) is 0 Å². The first-order valence-corrected chi connectivity index (χ1v) is 7.48. The number of carbonyl (C=O) groups is 1. The predicted octanol–water partition coefficient (Wildman–Crippen LogP) is 5.35. The van der Waals surface area contributed by atoms with E-state index in [2.05, 4.69) is 10.0 Å². The maximum atomic E-state index is 11.8. The normalized spacial score (nSPS) is 10.7. The number of azide groups is 1. The van der Waals surface area contributed by atoms with Crippen molar-refractivity contribution in [3.8, 4) is 11.5 Å². The van der Waals surface area contributed by atoms with Gasteiger partial charge in [0.1, 0.15) is 17.2 Å². The van der Waals surface area contributed by atoms with Crippen LogP contribution in [-0.2, 0) is 9.53 Å². The van der Waals surface area contributed by atoms with Crippen LogP contribution in [-0.4, -0.2) is 12.6 Å². The summed E-state index contributed by atoms with van der Waals surface area (Å²) in [6.45, 7) is 1.83. The molecule has 0 radical (unpaired) electrons. The van der Waals surface area contributed by atoms with E-state index in [0.29, 0.717) is 17.1 Å². The molecule has 0 heterocycles. The summed E-state index contributed by atoms with van der Waals surface area (Å²) in [6.07, 6.45) is 1.36. The zero-order chi connectivity index (χ0) is 17.4. The van der Waals surface area contributed by atoms with Crippen LogP contribution in [0.25, 0.3) is 16.5 Å². The fraction of sp³-hybridized carbons (Fsp3) is 0.118. The first-order chi connectivity index (χ1) is 11.7. The summed E-state index contributed by atoms with van der Waals surface area (Å²) >= 11 is 6.33. The number of nitrogens with zero attached hydrogens (tertiary/aromatic N) is 3. The lowest BCUT2D eigenvalue weighted by molar-refractivity contribution is -0.138. The van der Waals surface area contributed by atoms with Crippen LogP contribution in [0.5, 0.6) is 11.5 Å². The second-order valence-corrected chi connectivity index (χ2v) is 4.89. The third-order valence-electron chi connectivity index (χ3n) is 2.89. The van der Waals surface area contributed by atoms with Crippen LogP contribution in [0.15, 0.2) is 59.3 Å². The molecule has 0 saturated carbocycles. The van der Waals surface area contributed by atoms with Gasteiger partial charge in [-0.25, -0.2) is 4.79 Å². The first kappa shape index (κ1) is 17.4. The molecule has 0 N–H and O–H groups in total. The van der Waals surface area contributed by atoms with Gasteiger partial charge in [0.05, 0.1) is 11.6 Å². The third kappa shape index (κ3) is 4.52. The minimum absolute atomic E-state index is 0.169. The van der Waals surface area contributed by atoms with E-state index in [1.165, 1.54) is 6.08 Å². The van der Waals surface area contributed by atoms with Crippen molar-refractivity contribution < 1.29 is 14.3 Å². The number of para-hydroxylation sites is 1. The number of hydrogen-bond donors (Lipinski definition) is 0. The van der Waals surface area contributed by atoms with E-state index in [1.807, 2.05) is 18.2 Å². The number of esters is 1. The van der Waals surface area contributed by atoms with E-state index >= 15 is 0 Å². The molecule has 2 aromatic rings. The Bertz CT molecular complexity index is 800. The minimum Gasteiger partial charge on any atom is -0.462 e. The standard InChI is InChI=1S/C17H14ClN3O3/c1-2-23-17(22)14(20-21-19)11-12-7-6-10-15(16(12)18)24-13-8-4-3-5-9-13/h3-11H,2H2,1H3. The molecule has 2 rings (SSSR count). The Balaban J connectivity index is 2.36. The van der Waals surface area contributed by atoms with Gasteiger partial charge in [0.2, 0.25) is 0 Å². The molecule has 0 amide bonds. The van der Waals surface area contributed by atoms with Crippen molar-refractivity contribution in [3.63, 3.8) is 0 Å². The topological polar surface area (TPSA) is 84.3 Å². The second-order valence-electron chi connectivity index (χ2n) is 4.51. The van der Waals surface area contributed by atoms with E-state index < -0.39 is 5.97 Å². The highest BCUT2D eigenvalue weighted by Crippen LogP contribution is 2.33. The summed E-state index contributed by atoms with van der Waals surface area (Å²) in [5, 5.41) is 3.65. The molecular weight excluding hydrogens is 330 g/mol. The molecule has 0 aliphatic rings. The molecule has 2 aromatic carbocycles. The summed E-state index contributed by atoms with van der Waals surface area (Å²) in [4.78, 5) is 14.4. The smallest absolute Gasteiger partial charge is 0.340 e. The monoisotopic (exact) mass is 343 g/mol. The number of ether oxygens (including phenoxy) is 2. The number of carbonyl (C=O) groups excluding carboxylic acids is 1. The molecule has 6 nitrogen and oxygen atoms in total. The molecule has 0 unspecified atom stereocenters. The van der Waals surface area contributed by atoms with Gasteiger partial charge in [-0.3, -0.25) is 0 Å². The second kappa shape index (κ2) is 8.62. The largest absolute Gasteiger partial charge is 0.462 e. The summed E-state index contributed by atoms with van der Waals surface area (Å²) < 4.78 is 10.6. The van der Waals surface area contributed by atoms with Crippen LogP contribution in [0.4, 0.5) is 0 Å². The van der Waals surface area contributed by atoms with Crippen molar-refractivity contribution >= 4 is 23.6 Å². The van der Waals surface area contributed by atoms with Crippen molar-refractivity contribution in [2.24, 2.45) is 5.11 Å². The molecule has 0 spiro atoms. The van der Waals surface area contributed by atoms with Crippen molar-refractivity contribution in [3.05, 3.63) is 75.3 Å². The van der Waals surface area contributed by atoms with E-state index in [9.17, 15) is 4.79 Å². The van der Waals surface area contributed by atoms with Gasteiger partial charge in [0.25, 0.3) is 0 Å². The molecule has 122 valence electrons. The van der Waals surface area contributed by atoms with Crippen LogP contribution in [0, 0.1) is 0 Å². The van der Waals surface area contributed by atoms with Crippen molar-refractivity contribution in [2.45, 2.75) is 6.92 Å². The lowest BCUT2D eigenvalue weighted by atomic mass is 10.2. The summed E-state index contributed by atoms with van der Waals surface area (Å²) in [5.74, 6) is 0.322. The van der Waals surface area contributed by atoms with Gasteiger partial charge >= 0.3 is 5.97 Å². The lowest BCUT2D eigenvalue weighted by Crippen LogP contribution is -2.05. The van der Waals surface area contributed by atoms with Gasteiger partial charge in [-0.15, -0.1) is 0 Å². The summed E-state index contributed by atoms with van der Waals surface area (Å²) in [6, 6.07) is 14.2. The Morgan fingerprint density at radius 2 is 2.00 bits per heavy atom. The molecule has 24 heavy (non-hydrogen) atoms. The van der Waals surface area contributed by atoms with Crippen LogP contribution < -0.4 is 4.74 Å². The van der Waals surface area contributed by atoms with Crippen LogP contribution in [0.2, 0.25) is 5.02 Å². The maximum Gasteiger partial charge on any atom is 0.340 e. The summed E-state index contributed by atoms with van der Waals surface area (Å²) in [5.41, 5.74) is 8.89. The molecule has 0 bridgehead atoms. The molecule has 0 aromatic heterocycles. The van der Waals surface area contributed by atoms with Gasteiger partial charge < -0.3 is 9.47 Å². The SMILES string of the molecule is CCOC(=O)C(=Cc1cccc(Oc2ccccc2)c1Cl)N=[N+]=[N-]. The average Bonchev–Trinajstić information content (AvgIpc) is 2.59. The number of halogens is 1. The molecular formula is C17H14ClN3O3. The number of hydrogen-bond acceptors (Lipinski definition) is 4. The Morgan fingerprint density at radius 1 is 1.25 bits per heavy atom. The third-order valence-corrected chi connectivity index (χ3v) is 3.30. The van der Waals surface area contributed by atoms with Crippen LogP contribution >= 0.6 is 11.6 Å². The Morgan fingerprint density at radius 3 is 2.67 bits per heavy atom. The molecule has 0 aliphatic carbocycles. The Hall–Kier alpha value is -2.95. The minimum atomic E-state index is -0.722. The average molecular weight is 344 g/mol. The van der Waals surface area contributed by atoms with Crippen LogP contribution in [0.1, 0.15) is 12.5 Å². The fourth-order valence-electron chi connectivity index (χ4n) is 1.86. The van der Waals surface area contributed by atoms with Gasteiger partial charge in [-0.1, -0.05) is 47.0 Å². The van der Waals surface area contributed by atoms with E-state index in [4.69, 9.17) is 26.6 Å². The van der Waals surface area contributed by atoms with E-state index in [0.717, 1.165) is 0 Å². The lowest BCUT2D eigenvalue weighted by Gasteiger charge is -2.09. The molecule has 0 saturated heterocycles. The van der Waals surface area contributed by atoms with Crippen molar-refractivity contribution in [1.82, 2.24) is 0 Å². The van der Waals surface area contributed by atoms with Crippen molar-refractivity contribution in [2.75, 3.05) is 6.61 Å². The van der Waals surface area contributed by atoms with E-state index in [1.54, 1.807) is 37.3 Å². The Kier molecular flexibility index (Phi) is 6.25. The fourth-order valence-corrected chi connectivity index (χ4v) is 2.08. The Labute approximate surface area is 143 Å². The number of rotatable bonds is 6. The molecule has 7 heteroatoms. The maximum absolute atomic E-state index is 11.8. The summed E-state index contributed by atoms with van der Waals surface area (Å²) in [7, 11) is 0. The molecule has 0 fully saturated rings. The van der Waals surface area contributed by atoms with Crippen LogP contribution in [0.3, 0.4) is 0 Å². The van der Waals surface area contributed by atoms with Crippen molar-refractivity contribution in [1.29, 1.82) is 0 Å². The van der Waals surface area contributed by atoms with E-state index in [-0.39, 0.29) is 17.3 Å². The number of benzene rings is 2. The van der Waals surface area contributed by atoms with Gasteiger partial charge in [0, 0.05) is 4.91 Å². The first-order valence-electron chi connectivity index (χ1n) is 7.11. The zero-order valence-corrected chi connectivity index (χ0v) is 13.6. The highest BCUT2D eigenvalue weighted by molar-refractivity contribution is 6.33.